The molecule has 0 radical (unpaired) electrons. The second kappa shape index (κ2) is 10.7. The van der Waals surface area contributed by atoms with Crippen molar-refractivity contribution in [1.82, 2.24) is 15.5 Å². The van der Waals surface area contributed by atoms with Gasteiger partial charge in [-0.1, -0.05) is 19.3 Å². The van der Waals surface area contributed by atoms with Gasteiger partial charge in [0.25, 0.3) is 0 Å². The third-order valence-corrected chi connectivity index (χ3v) is 5.74. The lowest BCUT2D eigenvalue weighted by Gasteiger charge is -2.41. The Morgan fingerprint density at radius 3 is 2.70 bits per heavy atom. The number of hydrogen-bond acceptors (Lipinski definition) is 4. The van der Waals surface area contributed by atoms with Crippen LogP contribution < -0.4 is 10.6 Å². The molecule has 0 unspecified atom stereocenters. The zero-order valence-electron chi connectivity index (χ0n) is 16.8. The number of aliphatic imine (C=N–C) groups is 1. The van der Waals surface area contributed by atoms with E-state index >= 15 is 0 Å². The van der Waals surface area contributed by atoms with Gasteiger partial charge in [-0.2, -0.15) is 0 Å². The van der Waals surface area contributed by atoms with E-state index in [1.807, 2.05) is 12.1 Å². The maximum atomic E-state index is 5.53. The van der Waals surface area contributed by atoms with Crippen LogP contribution in [0.1, 0.15) is 44.8 Å². The molecule has 2 heterocycles. The van der Waals surface area contributed by atoms with Crippen molar-refractivity contribution >= 4 is 5.96 Å². The van der Waals surface area contributed by atoms with Gasteiger partial charge < -0.3 is 19.8 Å². The van der Waals surface area contributed by atoms with Crippen molar-refractivity contribution in [3.8, 4) is 0 Å². The molecule has 0 amide bonds. The SMILES string of the molecule is CCNC(=NCC1(CN2CCOCC2)CCCCC1)NCCc1ccco1. The molecule has 6 heteroatoms. The van der Waals surface area contributed by atoms with Crippen LogP contribution in [-0.2, 0) is 11.2 Å². The molecule has 27 heavy (non-hydrogen) atoms. The van der Waals surface area contributed by atoms with E-state index in [0.29, 0.717) is 5.41 Å². The molecule has 1 saturated carbocycles. The highest BCUT2D eigenvalue weighted by Crippen LogP contribution is 2.37. The molecule has 1 aromatic rings. The Morgan fingerprint density at radius 2 is 2.00 bits per heavy atom. The highest BCUT2D eigenvalue weighted by molar-refractivity contribution is 5.79. The van der Waals surface area contributed by atoms with Gasteiger partial charge in [0.15, 0.2) is 5.96 Å². The Kier molecular flexibility index (Phi) is 8.02. The molecular weight excluding hydrogens is 340 g/mol. The highest BCUT2D eigenvalue weighted by atomic mass is 16.5. The van der Waals surface area contributed by atoms with Crippen molar-refractivity contribution in [2.45, 2.75) is 45.4 Å². The first-order valence-electron chi connectivity index (χ1n) is 10.6. The van der Waals surface area contributed by atoms with Crippen LogP contribution in [0.15, 0.2) is 27.8 Å². The third kappa shape index (κ3) is 6.54. The fourth-order valence-electron chi connectivity index (χ4n) is 4.25. The molecule has 0 bridgehead atoms. The van der Waals surface area contributed by atoms with Crippen LogP contribution in [0.3, 0.4) is 0 Å². The largest absolute Gasteiger partial charge is 0.469 e. The average Bonchev–Trinajstić information content (AvgIpc) is 3.21. The maximum Gasteiger partial charge on any atom is 0.191 e. The molecule has 1 saturated heterocycles. The molecule has 0 atom stereocenters. The standard InChI is InChI=1S/C21H36N4O2/c1-2-22-20(23-11-8-19-7-6-14-27-19)24-17-21(9-4-3-5-10-21)18-25-12-15-26-16-13-25/h6-7,14H,2-5,8-13,15-18H2,1H3,(H2,22,23,24). The fraction of sp³-hybridized carbons (Fsp3) is 0.762. The Labute approximate surface area is 163 Å². The van der Waals surface area contributed by atoms with E-state index in [4.69, 9.17) is 14.1 Å². The summed E-state index contributed by atoms with van der Waals surface area (Å²) in [4.78, 5) is 7.58. The van der Waals surface area contributed by atoms with Crippen molar-refractivity contribution in [2.24, 2.45) is 10.4 Å². The van der Waals surface area contributed by atoms with Gasteiger partial charge in [0.1, 0.15) is 5.76 Å². The lowest BCUT2D eigenvalue weighted by atomic mass is 9.73. The number of furan rings is 1. The minimum Gasteiger partial charge on any atom is -0.469 e. The van der Waals surface area contributed by atoms with Crippen molar-refractivity contribution < 1.29 is 9.15 Å². The smallest absolute Gasteiger partial charge is 0.191 e. The summed E-state index contributed by atoms with van der Waals surface area (Å²) in [5.74, 6) is 1.94. The molecule has 2 N–H and O–H groups in total. The molecule has 2 aliphatic rings. The van der Waals surface area contributed by atoms with Gasteiger partial charge in [-0.05, 0) is 31.9 Å². The van der Waals surface area contributed by atoms with Crippen molar-refractivity contribution in [3.63, 3.8) is 0 Å². The van der Waals surface area contributed by atoms with E-state index in [-0.39, 0.29) is 0 Å². The number of morpholine rings is 1. The van der Waals surface area contributed by atoms with E-state index in [1.54, 1.807) is 6.26 Å². The number of ether oxygens (including phenoxy) is 1. The summed E-state index contributed by atoms with van der Waals surface area (Å²) in [6.07, 6.45) is 9.23. The number of nitrogens with zero attached hydrogens (tertiary/aromatic N) is 2. The molecule has 2 fully saturated rings. The Bertz CT molecular complexity index is 547. The second-order valence-electron chi connectivity index (χ2n) is 7.90. The molecule has 1 aliphatic heterocycles. The second-order valence-corrected chi connectivity index (χ2v) is 7.90. The molecule has 1 aromatic heterocycles. The summed E-state index contributed by atoms with van der Waals surface area (Å²) in [7, 11) is 0. The number of rotatable bonds is 8. The minimum absolute atomic E-state index is 0.318. The highest BCUT2D eigenvalue weighted by Gasteiger charge is 2.34. The molecule has 6 nitrogen and oxygen atoms in total. The van der Waals surface area contributed by atoms with Gasteiger partial charge in [-0.3, -0.25) is 9.89 Å². The van der Waals surface area contributed by atoms with Gasteiger partial charge in [-0.15, -0.1) is 0 Å². The van der Waals surface area contributed by atoms with Gasteiger partial charge in [0.05, 0.1) is 19.5 Å². The zero-order chi connectivity index (χ0) is 18.8. The summed E-state index contributed by atoms with van der Waals surface area (Å²) >= 11 is 0. The number of guanidine groups is 1. The maximum absolute atomic E-state index is 5.53. The first-order valence-corrected chi connectivity index (χ1v) is 10.6. The first kappa shape index (κ1) is 20.2. The summed E-state index contributed by atoms with van der Waals surface area (Å²) in [5, 5.41) is 6.86. The van der Waals surface area contributed by atoms with Crippen LogP contribution in [0, 0.1) is 5.41 Å². The van der Waals surface area contributed by atoms with E-state index < -0.39 is 0 Å². The van der Waals surface area contributed by atoms with Crippen molar-refractivity contribution in [1.29, 1.82) is 0 Å². The van der Waals surface area contributed by atoms with Crippen LogP contribution in [0.2, 0.25) is 0 Å². The van der Waals surface area contributed by atoms with Gasteiger partial charge in [0.2, 0.25) is 0 Å². The molecule has 0 spiro atoms. The van der Waals surface area contributed by atoms with Crippen LogP contribution in [0.25, 0.3) is 0 Å². The lowest BCUT2D eigenvalue weighted by Crippen LogP contribution is -2.46. The molecule has 152 valence electrons. The summed E-state index contributed by atoms with van der Waals surface area (Å²) in [5.41, 5.74) is 0.318. The van der Waals surface area contributed by atoms with Crippen molar-refractivity contribution in [3.05, 3.63) is 24.2 Å². The lowest BCUT2D eigenvalue weighted by molar-refractivity contribution is 0.00937. The molecule has 1 aliphatic carbocycles. The monoisotopic (exact) mass is 376 g/mol. The van der Waals surface area contributed by atoms with Gasteiger partial charge in [-0.25, -0.2) is 0 Å². The van der Waals surface area contributed by atoms with E-state index in [0.717, 1.165) is 70.6 Å². The quantitative estimate of drug-likeness (QED) is 0.539. The van der Waals surface area contributed by atoms with Crippen LogP contribution >= 0.6 is 0 Å². The van der Waals surface area contributed by atoms with E-state index in [2.05, 4.69) is 22.5 Å². The van der Waals surface area contributed by atoms with Gasteiger partial charge in [0, 0.05) is 51.1 Å². The minimum atomic E-state index is 0.318. The predicted molar refractivity (Wildman–Crippen MR) is 109 cm³/mol. The number of nitrogens with one attached hydrogen (secondary N) is 2. The van der Waals surface area contributed by atoms with Crippen molar-refractivity contribution in [2.75, 3.05) is 52.5 Å². The molecular formula is C21H36N4O2. The zero-order valence-corrected chi connectivity index (χ0v) is 16.8. The fourth-order valence-corrected chi connectivity index (χ4v) is 4.25. The number of hydrogen-bond donors (Lipinski definition) is 2. The van der Waals surface area contributed by atoms with Gasteiger partial charge >= 0.3 is 0 Å². The van der Waals surface area contributed by atoms with E-state index in [1.165, 1.54) is 32.1 Å². The van der Waals surface area contributed by atoms with Crippen LogP contribution in [0.5, 0.6) is 0 Å². The molecule has 3 rings (SSSR count). The summed E-state index contributed by atoms with van der Waals surface area (Å²) in [6.45, 7) is 9.76. The average molecular weight is 377 g/mol. The summed E-state index contributed by atoms with van der Waals surface area (Å²) < 4.78 is 10.9. The van der Waals surface area contributed by atoms with E-state index in [9.17, 15) is 0 Å². The Hall–Kier alpha value is -1.53. The Balaban J connectivity index is 1.57. The van der Waals surface area contributed by atoms with Crippen LogP contribution in [0.4, 0.5) is 0 Å². The normalized spacial score (nSPS) is 21.1. The van der Waals surface area contributed by atoms with Crippen LogP contribution in [-0.4, -0.2) is 63.3 Å². The summed E-state index contributed by atoms with van der Waals surface area (Å²) in [6, 6.07) is 3.96. The molecule has 0 aromatic carbocycles. The topological polar surface area (TPSA) is 62.0 Å². The Morgan fingerprint density at radius 1 is 1.19 bits per heavy atom. The first-order chi connectivity index (χ1) is 13.3. The third-order valence-electron chi connectivity index (χ3n) is 5.74. The predicted octanol–water partition coefficient (Wildman–Crippen LogP) is 2.66.